The largest absolute Gasteiger partial charge is 0.493 e. The summed E-state index contributed by atoms with van der Waals surface area (Å²) in [5, 5.41) is 0.448. The molecule has 2 aromatic carbocycles. The van der Waals surface area contributed by atoms with E-state index in [1.165, 1.54) is 0 Å². The molecule has 0 aromatic heterocycles. The molecular weight excluding hydrogens is 328 g/mol. The lowest BCUT2D eigenvalue weighted by molar-refractivity contribution is 0.103. The van der Waals surface area contributed by atoms with Crippen LogP contribution in [-0.2, 0) is 6.42 Å². The fourth-order valence-electron chi connectivity index (χ4n) is 2.16. The maximum atomic E-state index is 12.5. The molecule has 96 valence electrons. The van der Waals surface area contributed by atoms with Crippen LogP contribution in [-0.4, -0.2) is 12.4 Å². The van der Waals surface area contributed by atoms with E-state index in [9.17, 15) is 4.79 Å². The van der Waals surface area contributed by atoms with E-state index < -0.39 is 0 Å². The summed E-state index contributed by atoms with van der Waals surface area (Å²) in [6, 6.07) is 10.9. The lowest BCUT2D eigenvalue weighted by Crippen LogP contribution is -2.02. The van der Waals surface area contributed by atoms with Crippen LogP contribution in [0.4, 0.5) is 0 Å². The highest BCUT2D eigenvalue weighted by Gasteiger charge is 2.18. The number of rotatable bonds is 2. The number of ether oxygens (including phenoxy) is 1. The SMILES string of the molecule is O=C(c1ccc2c(c1)CCO2)c1cccc(Br)c1Cl. The van der Waals surface area contributed by atoms with E-state index in [2.05, 4.69) is 15.9 Å². The van der Waals surface area contributed by atoms with Crippen molar-refractivity contribution in [3.05, 3.63) is 62.6 Å². The highest BCUT2D eigenvalue weighted by atomic mass is 79.9. The number of ketones is 1. The van der Waals surface area contributed by atoms with Gasteiger partial charge in [-0.25, -0.2) is 0 Å². The van der Waals surface area contributed by atoms with Crippen molar-refractivity contribution < 1.29 is 9.53 Å². The van der Waals surface area contributed by atoms with Gasteiger partial charge in [-0.15, -0.1) is 0 Å². The van der Waals surface area contributed by atoms with Crippen molar-refractivity contribution in [3.63, 3.8) is 0 Å². The molecule has 0 bridgehead atoms. The van der Waals surface area contributed by atoms with Crippen LogP contribution in [0.2, 0.25) is 5.02 Å². The van der Waals surface area contributed by atoms with Crippen molar-refractivity contribution in [2.45, 2.75) is 6.42 Å². The van der Waals surface area contributed by atoms with E-state index in [0.717, 1.165) is 22.2 Å². The maximum Gasteiger partial charge on any atom is 0.194 e. The zero-order chi connectivity index (χ0) is 13.4. The second kappa shape index (κ2) is 4.99. The van der Waals surface area contributed by atoms with E-state index in [0.29, 0.717) is 22.8 Å². The highest BCUT2D eigenvalue weighted by Crippen LogP contribution is 2.30. The van der Waals surface area contributed by atoms with E-state index in [1.54, 1.807) is 18.2 Å². The molecule has 0 saturated heterocycles. The smallest absolute Gasteiger partial charge is 0.194 e. The Balaban J connectivity index is 2.02. The van der Waals surface area contributed by atoms with Crippen molar-refractivity contribution in [2.75, 3.05) is 6.61 Å². The molecule has 19 heavy (non-hydrogen) atoms. The van der Waals surface area contributed by atoms with Crippen LogP contribution in [0, 0.1) is 0 Å². The van der Waals surface area contributed by atoms with Crippen molar-refractivity contribution >= 4 is 33.3 Å². The first kappa shape index (κ1) is 12.7. The molecule has 0 amide bonds. The van der Waals surface area contributed by atoms with E-state index in [-0.39, 0.29) is 5.78 Å². The summed E-state index contributed by atoms with van der Waals surface area (Å²) in [5.74, 6) is 0.804. The Kier molecular flexibility index (Phi) is 3.33. The van der Waals surface area contributed by atoms with Crippen molar-refractivity contribution in [2.24, 2.45) is 0 Å². The first-order valence-electron chi connectivity index (χ1n) is 5.91. The Labute approximate surface area is 124 Å². The van der Waals surface area contributed by atoms with Crippen LogP contribution in [0.5, 0.6) is 5.75 Å². The monoisotopic (exact) mass is 336 g/mol. The number of halogens is 2. The highest BCUT2D eigenvalue weighted by molar-refractivity contribution is 9.10. The van der Waals surface area contributed by atoms with Crippen LogP contribution >= 0.6 is 27.5 Å². The summed E-state index contributed by atoms with van der Waals surface area (Å²) >= 11 is 9.50. The van der Waals surface area contributed by atoms with Gasteiger partial charge in [-0.05, 0) is 51.8 Å². The normalized spacial score (nSPS) is 12.9. The number of hydrogen-bond acceptors (Lipinski definition) is 2. The Morgan fingerprint density at radius 1 is 1.26 bits per heavy atom. The van der Waals surface area contributed by atoms with Crippen LogP contribution < -0.4 is 4.74 Å². The molecule has 0 saturated carbocycles. The Hall–Kier alpha value is -1.32. The predicted octanol–water partition coefficient (Wildman–Crippen LogP) is 4.27. The summed E-state index contributed by atoms with van der Waals surface area (Å²) in [6.45, 7) is 0.685. The van der Waals surface area contributed by atoms with Gasteiger partial charge >= 0.3 is 0 Å². The first-order valence-corrected chi connectivity index (χ1v) is 7.08. The van der Waals surface area contributed by atoms with Gasteiger partial charge in [0.05, 0.1) is 11.6 Å². The third-order valence-corrected chi connectivity index (χ3v) is 4.44. The lowest BCUT2D eigenvalue weighted by atomic mass is 10.0. The van der Waals surface area contributed by atoms with Gasteiger partial charge in [0.2, 0.25) is 0 Å². The number of benzene rings is 2. The number of carbonyl (C=O) groups excluding carboxylic acids is 1. The Bertz CT molecular complexity index is 667. The summed E-state index contributed by atoms with van der Waals surface area (Å²) in [5.41, 5.74) is 2.23. The number of hydrogen-bond donors (Lipinski definition) is 0. The second-order valence-electron chi connectivity index (χ2n) is 4.35. The minimum Gasteiger partial charge on any atom is -0.493 e. The summed E-state index contributed by atoms with van der Waals surface area (Å²) in [7, 11) is 0. The fraction of sp³-hybridized carbons (Fsp3) is 0.133. The van der Waals surface area contributed by atoms with Crippen molar-refractivity contribution in [3.8, 4) is 5.75 Å². The first-order chi connectivity index (χ1) is 9.16. The summed E-state index contributed by atoms with van der Waals surface area (Å²) < 4.78 is 6.16. The maximum absolute atomic E-state index is 12.5. The fourth-order valence-corrected chi connectivity index (χ4v) is 2.74. The molecule has 0 atom stereocenters. The average Bonchev–Trinajstić information content (AvgIpc) is 2.88. The molecule has 0 fully saturated rings. The van der Waals surface area contributed by atoms with Gasteiger partial charge in [0, 0.05) is 22.0 Å². The molecule has 0 radical (unpaired) electrons. The van der Waals surface area contributed by atoms with Crippen LogP contribution in [0.1, 0.15) is 21.5 Å². The van der Waals surface area contributed by atoms with Gasteiger partial charge in [-0.1, -0.05) is 17.7 Å². The average molecular weight is 338 g/mol. The molecule has 0 N–H and O–H groups in total. The third-order valence-electron chi connectivity index (χ3n) is 3.15. The van der Waals surface area contributed by atoms with Gasteiger partial charge in [0.15, 0.2) is 5.78 Å². The number of fused-ring (bicyclic) bond motifs is 1. The second-order valence-corrected chi connectivity index (χ2v) is 5.58. The number of carbonyl (C=O) groups is 1. The molecule has 2 nitrogen and oxygen atoms in total. The molecule has 0 aliphatic carbocycles. The van der Waals surface area contributed by atoms with E-state index in [4.69, 9.17) is 16.3 Å². The standard InChI is InChI=1S/C15H10BrClO2/c16-12-3-1-2-11(14(12)17)15(18)10-4-5-13-9(8-10)6-7-19-13/h1-5,8H,6-7H2. The van der Waals surface area contributed by atoms with E-state index in [1.807, 2.05) is 18.2 Å². The molecule has 1 aliphatic rings. The molecular formula is C15H10BrClO2. The Morgan fingerprint density at radius 2 is 2.11 bits per heavy atom. The zero-order valence-corrected chi connectivity index (χ0v) is 12.3. The Morgan fingerprint density at radius 3 is 2.95 bits per heavy atom. The van der Waals surface area contributed by atoms with Crippen LogP contribution in [0.25, 0.3) is 0 Å². The van der Waals surface area contributed by atoms with Crippen molar-refractivity contribution in [1.82, 2.24) is 0 Å². The van der Waals surface area contributed by atoms with Crippen LogP contribution in [0.3, 0.4) is 0 Å². The minimum atomic E-state index is -0.0685. The topological polar surface area (TPSA) is 26.3 Å². The van der Waals surface area contributed by atoms with Gasteiger partial charge in [0.25, 0.3) is 0 Å². The zero-order valence-electron chi connectivity index (χ0n) is 9.95. The summed E-state index contributed by atoms with van der Waals surface area (Å²) in [4.78, 5) is 12.5. The predicted molar refractivity (Wildman–Crippen MR) is 78.2 cm³/mol. The quantitative estimate of drug-likeness (QED) is 0.765. The third kappa shape index (κ3) is 2.28. The van der Waals surface area contributed by atoms with Crippen LogP contribution in [0.15, 0.2) is 40.9 Å². The van der Waals surface area contributed by atoms with Gasteiger partial charge in [-0.2, -0.15) is 0 Å². The lowest BCUT2D eigenvalue weighted by Gasteiger charge is -2.06. The molecule has 3 rings (SSSR count). The molecule has 0 unspecified atom stereocenters. The van der Waals surface area contributed by atoms with Crippen molar-refractivity contribution in [1.29, 1.82) is 0 Å². The molecule has 2 aromatic rings. The molecule has 1 aliphatic heterocycles. The van der Waals surface area contributed by atoms with Gasteiger partial charge in [-0.3, -0.25) is 4.79 Å². The van der Waals surface area contributed by atoms with Gasteiger partial charge in [0.1, 0.15) is 5.75 Å². The summed E-state index contributed by atoms with van der Waals surface area (Å²) in [6.07, 6.45) is 0.850. The van der Waals surface area contributed by atoms with E-state index >= 15 is 0 Å². The minimum absolute atomic E-state index is 0.0685. The molecule has 1 heterocycles. The molecule has 0 spiro atoms. The van der Waals surface area contributed by atoms with Gasteiger partial charge < -0.3 is 4.74 Å². The molecule has 4 heteroatoms.